The first-order chi connectivity index (χ1) is 11.7. The lowest BCUT2D eigenvalue weighted by atomic mass is 10.2. The van der Waals surface area contributed by atoms with E-state index in [9.17, 15) is 9.18 Å². The second kappa shape index (κ2) is 8.69. The Hall–Kier alpha value is -1.31. The monoisotopic (exact) mass is 353 g/mol. The van der Waals surface area contributed by atoms with Crippen molar-refractivity contribution in [1.29, 1.82) is 0 Å². The van der Waals surface area contributed by atoms with E-state index in [4.69, 9.17) is 4.74 Å². The molecule has 0 saturated carbocycles. The molecule has 2 aliphatic heterocycles. The van der Waals surface area contributed by atoms with Crippen molar-refractivity contribution in [2.75, 3.05) is 56.2 Å². The topological polar surface area (TPSA) is 44.8 Å². The summed E-state index contributed by atoms with van der Waals surface area (Å²) in [6, 6.07) is 6.00. The number of anilines is 1. The largest absolute Gasteiger partial charge is 0.379 e. The molecular weight excluding hydrogens is 329 g/mol. The zero-order valence-electron chi connectivity index (χ0n) is 13.7. The zero-order valence-corrected chi connectivity index (χ0v) is 14.6. The van der Waals surface area contributed by atoms with E-state index in [1.807, 2.05) is 16.7 Å². The summed E-state index contributed by atoms with van der Waals surface area (Å²) in [4.78, 5) is 17.0. The molecule has 1 unspecified atom stereocenters. The summed E-state index contributed by atoms with van der Waals surface area (Å²) in [5, 5.41) is 2.90. The van der Waals surface area contributed by atoms with Gasteiger partial charge in [-0.3, -0.25) is 4.90 Å². The van der Waals surface area contributed by atoms with E-state index in [-0.39, 0.29) is 17.9 Å². The van der Waals surface area contributed by atoms with Gasteiger partial charge in [0, 0.05) is 37.6 Å². The summed E-state index contributed by atoms with van der Waals surface area (Å²) >= 11 is 1.91. The molecule has 24 heavy (non-hydrogen) atoms. The Morgan fingerprint density at radius 3 is 2.75 bits per heavy atom. The Bertz CT molecular complexity index is 537. The molecule has 7 heteroatoms. The van der Waals surface area contributed by atoms with Crippen LogP contribution in [0.4, 0.5) is 14.9 Å². The van der Waals surface area contributed by atoms with Crippen LogP contribution in [0.3, 0.4) is 0 Å². The van der Waals surface area contributed by atoms with Crippen LogP contribution in [-0.2, 0) is 4.74 Å². The number of nitrogens with zero attached hydrogens (tertiary/aromatic N) is 2. The van der Waals surface area contributed by atoms with Crippen LogP contribution >= 0.6 is 11.8 Å². The lowest BCUT2D eigenvalue weighted by Crippen LogP contribution is -2.51. The van der Waals surface area contributed by atoms with Crippen LogP contribution in [0, 0.1) is 5.82 Å². The van der Waals surface area contributed by atoms with Crippen molar-refractivity contribution in [1.82, 2.24) is 9.80 Å². The molecule has 0 aromatic heterocycles. The van der Waals surface area contributed by atoms with Gasteiger partial charge in [0.1, 0.15) is 5.82 Å². The average Bonchev–Trinajstić information content (AvgIpc) is 2.83. The lowest BCUT2D eigenvalue weighted by Gasteiger charge is -2.35. The van der Waals surface area contributed by atoms with Gasteiger partial charge in [-0.15, -0.1) is 0 Å². The molecule has 1 atom stereocenters. The Labute approximate surface area is 146 Å². The van der Waals surface area contributed by atoms with Gasteiger partial charge in [-0.25, -0.2) is 9.18 Å². The van der Waals surface area contributed by atoms with Crippen LogP contribution in [0.2, 0.25) is 0 Å². The quantitative estimate of drug-likeness (QED) is 0.907. The van der Waals surface area contributed by atoms with Gasteiger partial charge >= 0.3 is 6.03 Å². The first kappa shape index (κ1) is 17.5. The van der Waals surface area contributed by atoms with Crippen LogP contribution < -0.4 is 5.32 Å². The molecule has 2 amide bonds. The molecule has 2 aliphatic rings. The molecule has 3 rings (SSSR count). The Balaban J connectivity index is 1.64. The maximum Gasteiger partial charge on any atom is 0.322 e. The predicted octanol–water partition coefficient (Wildman–Crippen LogP) is 2.50. The normalized spacial score (nSPS) is 22.9. The number of urea groups is 1. The molecule has 2 heterocycles. The number of amides is 2. The fraction of sp³-hybridized carbons (Fsp3) is 0.588. The second-order valence-corrected chi connectivity index (χ2v) is 7.28. The van der Waals surface area contributed by atoms with Gasteiger partial charge in [0.25, 0.3) is 0 Å². The smallest absolute Gasteiger partial charge is 0.322 e. The number of nitrogens with one attached hydrogen (secondary N) is 1. The van der Waals surface area contributed by atoms with E-state index in [1.165, 1.54) is 12.1 Å². The van der Waals surface area contributed by atoms with Crippen molar-refractivity contribution in [3.63, 3.8) is 0 Å². The first-order valence-corrected chi connectivity index (χ1v) is 9.59. The number of halogens is 1. The molecule has 2 fully saturated rings. The van der Waals surface area contributed by atoms with Crippen molar-refractivity contribution < 1.29 is 13.9 Å². The number of ether oxygens (including phenoxy) is 1. The van der Waals surface area contributed by atoms with Crippen molar-refractivity contribution in [3.05, 3.63) is 30.1 Å². The van der Waals surface area contributed by atoms with Gasteiger partial charge in [0.2, 0.25) is 0 Å². The molecule has 132 valence electrons. The van der Waals surface area contributed by atoms with Crippen LogP contribution in [-0.4, -0.2) is 72.8 Å². The third-order valence-corrected chi connectivity index (χ3v) is 5.57. The second-order valence-electron chi connectivity index (χ2n) is 6.13. The van der Waals surface area contributed by atoms with Gasteiger partial charge in [-0.1, -0.05) is 0 Å². The third-order valence-electron chi connectivity index (χ3n) is 4.37. The van der Waals surface area contributed by atoms with E-state index in [0.717, 1.165) is 57.3 Å². The molecule has 0 aliphatic carbocycles. The molecule has 0 radical (unpaired) electrons. The summed E-state index contributed by atoms with van der Waals surface area (Å²) in [7, 11) is 0. The summed E-state index contributed by atoms with van der Waals surface area (Å²) in [6.07, 6.45) is 1.00. The number of carbonyl (C=O) groups is 1. The number of hydrogen-bond donors (Lipinski definition) is 1. The highest BCUT2D eigenvalue weighted by atomic mass is 32.2. The number of benzene rings is 1. The van der Waals surface area contributed by atoms with E-state index < -0.39 is 0 Å². The average molecular weight is 353 g/mol. The number of hydrogen-bond acceptors (Lipinski definition) is 4. The van der Waals surface area contributed by atoms with Crippen LogP contribution in [0.5, 0.6) is 0 Å². The number of thioether (sulfide) groups is 1. The van der Waals surface area contributed by atoms with Crippen molar-refractivity contribution in [2.24, 2.45) is 0 Å². The van der Waals surface area contributed by atoms with Gasteiger partial charge < -0.3 is 15.0 Å². The van der Waals surface area contributed by atoms with Crippen molar-refractivity contribution in [2.45, 2.75) is 12.5 Å². The van der Waals surface area contributed by atoms with E-state index in [0.29, 0.717) is 5.69 Å². The fourth-order valence-corrected chi connectivity index (χ4v) is 4.12. The molecule has 5 nitrogen and oxygen atoms in total. The van der Waals surface area contributed by atoms with Crippen molar-refractivity contribution >= 4 is 23.5 Å². The maximum absolute atomic E-state index is 13.0. The SMILES string of the molecule is O=C(Nc1ccc(F)cc1)N1CCCSCC1CN1CCOCC1. The first-order valence-electron chi connectivity index (χ1n) is 8.43. The minimum Gasteiger partial charge on any atom is -0.379 e. The number of morpholine rings is 1. The summed E-state index contributed by atoms with van der Waals surface area (Å²) in [6.45, 7) is 5.02. The molecule has 0 spiro atoms. The molecule has 2 saturated heterocycles. The highest BCUT2D eigenvalue weighted by Gasteiger charge is 2.28. The minimum absolute atomic E-state index is 0.0950. The summed E-state index contributed by atoms with van der Waals surface area (Å²) in [5.41, 5.74) is 0.628. The van der Waals surface area contributed by atoms with Crippen molar-refractivity contribution in [3.8, 4) is 0 Å². The summed E-state index contributed by atoms with van der Waals surface area (Å²) in [5.74, 6) is 1.73. The highest BCUT2D eigenvalue weighted by molar-refractivity contribution is 7.99. The Kier molecular flexibility index (Phi) is 6.34. The van der Waals surface area contributed by atoms with Crippen LogP contribution in [0.15, 0.2) is 24.3 Å². The standard InChI is InChI=1S/C17H24FN3O2S/c18-14-2-4-15(5-3-14)19-17(22)21-6-1-11-24-13-16(21)12-20-7-9-23-10-8-20/h2-5,16H,1,6-13H2,(H,19,22). The van der Waals surface area contributed by atoms with Crippen LogP contribution in [0.25, 0.3) is 0 Å². The Morgan fingerprint density at radius 2 is 2.00 bits per heavy atom. The zero-order chi connectivity index (χ0) is 16.8. The van der Waals surface area contributed by atoms with Gasteiger partial charge in [0.15, 0.2) is 0 Å². The van der Waals surface area contributed by atoms with E-state index >= 15 is 0 Å². The maximum atomic E-state index is 13.0. The molecular formula is C17H24FN3O2S. The fourth-order valence-electron chi connectivity index (χ4n) is 3.06. The predicted molar refractivity (Wildman–Crippen MR) is 95.1 cm³/mol. The third kappa shape index (κ3) is 4.84. The molecule has 1 N–H and O–H groups in total. The molecule has 0 bridgehead atoms. The highest BCUT2D eigenvalue weighted by Crippen LogP contribution is 2.19. The number of rotatable bonds is 3. The van der Waals surface area contributed by atoms with Crippen LogP contribution in [0.1, 0.15) is 6.42 Å². The van der Waals surface area contributed by atoms with Gasteiger partial charge in [-0.2, -0.15) is 11.8 Å². The van der Waals surface area contributed by atoms with Gasteiger partial charge in [0.05, 0.1) is 19.3 Å². The summed E-state index contributed by atoms with van der Waals surface area (Å²) < 4.78 is 18.4. The van der Waals surface area contributed by atoms with Gasteiger partial charge in [-0.05, 0) is 36.4 Å². The number of carbonyl (C=O) groups excluding carboxylic acids is 1. The lowest BCUT2D eigenvalue weighted by molar-refractivity contribution is 0.0288. The Morgan fingerprint density at radius 1 is 1.25 bits per heavy atom. The van der Waals surface area contributed by atoms with E-state index in [2.05, 4.69) is 10.2 Å². The molecule has 1 aromatic carbocycles. The molecule has 1 aromatic rings. The minimum atomic E-state index is -0.302. The van der Waals surface area contributed by atoms with E-state index in [1.54, 1.807) is 12.1 Å².